The fraction of sp³-hybridized carbons (Fsp3) is 0.625. The molecule has 5 heteroatoms. The number of likely N-dealkylation sites (tertiary alicyclic amines) is 1. The molecular weight excluding hydrogens is 286 g/mol. The summed E-state index contributed by atoms with van der Waals surface area (Å²) in [7, 11) is 0. The highest BCUT2D eigenvalue weighted by atomic mass is 32.1. The highest BCUT2D eigenvalue weighted by Gasteiger charge is 2.37. The summed E-state index contributed by atoms with van der Waals surface area (Å²) in [5.41, 5.74) is 1.23. The molecule has 1 N–H and O–H groups in total. The van der Waals surface area contributed by atoms with Gasteiger partial charge in [0, 0.05) is 12.5 Å². The highest BCUT2D eigenvalue weighted by molar-refractivity contribution is 7.07. The lowest BCUT2D eigenvalue weighted by molar-refractivity contribution is -0.145. The molecule has 3 unspecified atom stereocenters. The molecule has 3 atom stereocenters. The van der Waals surface area contributed by atoms with Crippen LogP contribution in [0.25, 0.3) is 0 Å². The predicted octanol–water partition coefficient (Wildman–Crippen LogP) is 3.30. The summed E-state index contributed by atoms with van der Waals surface area (Å²) in [6.07, 6.45) is 4.99. The Morgan fingerprint density at radius 2 is 2.00 bits per heavy atom. The molecule has 1 aliphatic heterocycles. The van der Waals surface area contributed by atoms with Gasteiger partial charge in [0.1, 0.15) is 0 Å². The Labute approximate surface area is 128 Å². The molecule has 114 valence electrons. The van der Waals surface area contributed by atoms with Crippen LogP contribution in [-0.4, -0.2) is 28.4 Å². The van der Waals surface area contributed by atoms with Gasteiger partial charge < -0.3 is 10.0 Å². The summed E-state index contributed by atoms with van der Waals surface area (Å²) in [6.45, 7) is 0.813. The maximum Gasteiger partial charge on any atom is 0.306 e. The molecule has 1 saturated carbocycles. The van der Waals surface area contributed by atoms with E-state index in [9.17, 15) is 14.7 Å². The van der Waals surface area contributed by atoms with E-state index in [1.165, 1.54) is 5.56 Å². The molecule has 4 nitrogen and oxygen atoms in total. The number of nitrogens with zero attached hydrogens (tertiary/aromatic N) is 1. The van der Waals surface area contributed by atoms with Gasteiger partial charge in [-0.15, -0.1) is 0 Å². The van der Waals surface area contributed by atoms with Crippen molar-refractivity contribution in [3.8, 4) is 0 Å². The third-order valence-corrected chi connectivity index (χ3v) is 5.54. The molecule has 21 heavy (non-hydrogen) atoms. The molecular formula is C16H21NO3S. The zero-order valence-electron chi connectivity index (χ0n) is 12.0. The van der Waals surface area contributed by atoms with E-state index < -0.39 is 5.97 Å². The second kappa shape index (κ2) is 6.18. The number of carboxylic acid groups (broad SMARTS) is 1. The molecule has 1 saturated heterocycles. The van der Waals surface area contributed by atoms with Gasteiger partial charge in [0.05, 0.1) is 12.0 Å². The van der Waals surface area contributed by atoms with E-state index in [0.717, 1.165) is 32.2 Å². The lowest BCUT2D eigenvalue weighted by Crippen LogP contribution is -2.38. The first-order valence-electron chi connectivity index (χ1n) is 7.72. The van der Waals surface area contributed by atoms with Crippen LogP contribution >= 0.6 is 11.3 Å². The molecule has 2 fully saturated rings. The average molecular weight is 307 g/mol. The summed E-state index contributed by atoms with van der Waals surface area (Å²) in [6, 6.07) is 2.30. The van der Waals surface area contributed by atoms with Crippen molar-refractivity contribution >= 4 is 23.2 Å². The molecule has 1 amide bonds. The van der Waals surface area contributed by atoms with Crippen molar-refractivity contribution in [3.05, 3.63) is 22.4 Å². The number of hydrogen-bond acceptors (Lipinski definition) is 3. The number of amides is 1. The summed E-state index contributed by atoms with van der Waals surface area (Å²) < 4.78 is 0. The van der Waals surface area contributed by atoms with E-state index in [2.05, 4.69) is 16.8 Å². The summed E-state index contributed by atoms with van der Waals surface area (Å²) >= 11 is 1.66. The van der Waals surface area contributed by atoms with Gasteiger partial charge >= 0.3 is 5.97 Å². The van der Waals surface area contributed by atoms with Crippen LogP contribution in [0.2, 0.25) is 0 Å². The second-order valence-electron chi connectivity index (χ2n) is 6.15. The number of carbonyl (C=O) groups excluding carboxylic acids is 1. The Morgan fingerprint density at radius 3 is 2.71 bits per heavy atom. The Morgan fingerprint density at radius 1 is 1.19 bits per heavy atom. The van der Waals surface area contributed by atoms with E-state index >= 15 is 0 Å². The van der Waals surface area contributed by atoms with E-state index in [-0.39, 0.29) is 23.8 Å². The Hall–Kier alpha value is -1.36. The van der Waals surface area contributed by atoms with Crippen molar-refractivity contribution in [2.45, 2.75) is 44.6 Å². The normalized spacial score (nSPS) is 29.5. The van der Waals surface area contributed by atoms with Crippen LogP contribution in [-0.2, 0) is 9.59 Å². The maximum absolute atomic E-state index is 12.8. The summed E-state index contributed by atoms with van der Waals surface area (Å²) in [5, 5.41) is 13.4. The van der Waals surface area contributed by atoms with Crippen LogP contribution in [0.3, 0.4) is 0 Å². The van der Waals surface area contributed by atoms with Gasteiger partial charge in [0.15, 0.2) is 0 Å². The van der Waals surface area contributed by atoms with Gasteiger partial charge in [0.25, 0.3) is 0 Å². The van der Waals surface area contributed by atoms with Crippen molar-refractivity contribution in [1.82, 2.24) is 4.90 Å². The average Bonchev–Trinajstić information content (AvgIpc) is 3.17. The van der Waals surface area contributed by atoms with Gasteiger partial charge in [-0.1, -0.05) is 6.42 Å². The Bertz CT molecular complexity index is 514. The number of rotatable bonds is 3. The third-order valence-electron chi connectivity index (χ3n) is 4.84. The van der Waals surface area contributed by atoms with Gasteiger partial charge in [-0.2, -0.15) is 11.3 Å². The van der Waals surface area contributed by atoms with Crippen molar-refractivity contribution in [2.24, 2.45) is 11.8 Å². The summed E-state index contributed by atoms with van der Waals surface area (Å²) in [4.78, 5) is 26.0. The third kappa shape index (κ3) is 2.98. The number of carbonyl (C=O) groups is 2. The molecule has 0 spiro atoms. The lowest BCUT2D eigenvalue weighted by atomic mass is 9.80. The van der Waals surface area contributed by atoms with E-state index in [0.29, 0.717) is 12.8 Å². The first-order valence-corrected chi connectivity index (χ1v) is 8.66. The zero-order chi connectivity index (χ0) is 14.8. The van der Waals surface area contributed by atoms with Gasteiger partial charge in [0.2, 0.25) is 5.91 Å². The minimum absolute atomic E-state index is 0.0981. The van der Waals surface area contributed by atoms with Crippen LogP contribution in [0, 0.1) is 11.8 Å². The smallest absolute Gasteiger partial charge is 0.306 e. The van der Waals surface area contributed by atoms with Gasteiger partial charge in [-0.05, 0) is 54.5 Å². The predicted molar refractivity (Wildman–Crippen MR) is 81.1 cm³/mol. The second-order valence-corrected chi connectivity index (χ2v) is 6.93. The van der Waals surface area contributed by atoms with Crippen LogP contribution < -0.4 is 0 Å². The van der Waals surface area contributed by atoms with Crippen LogP contribution in [0.4, 0.5) is 0 Å². The van der Waals surface area contributed by atoms with E-state index in [4.69, 9.17) is 0 Å². The van der Waals surface area contributed by atoms with E-state index in [1.54, 1.807) is 11.3 Å². The van der Waals surface area contributed by atoms with Crippen molar-refractivity contribution in [2.75, 3.05) is 6.54 Å². The fourth-order valence-corrected chi connectivity index (χ4v) is 4.42. The van der Waals surface area contributed by atoms with Crippen molar-refractivity contribution in [3.63, 3.8) is 0 Å². The first-order chi connectivity index (χ1) is 10.2. The highest BCUT2D eigenvalue weighted by Crippen LogP contribution is 2.37. The van der Waals surface area contributed by atoms with Crippen LogP contribution in [0.5, 0.6) is 0 Å². The zero-order valence-corrected chi connectivity index (χ0v) is 12.8. The maximum atomic E-state index is 12.8. The molecule has 1 aliphatic carbocycles. The van der Waals surface area contributed by atoms with Crippen LogP contribution in [0.15, 0.2) is 16.8 Å². The topological polar surface area (TPSA) is 57.6 Å². The monoisotopic (exact) mass is 307 g/mol. The molecule has 0 aromatic carbocycles. The molecule has 3 rings (SSSR count). The minimum atomic E-state index is -0.747. The largest absolute Gasteiger partial charge is 0.481 e. The van der Waals surface area contributed by atoms with E-state index in [1.807, 2.05) is 4.90 Å². The molecule has 1 aromatic heterocycles. The Balaban J connectivity index is 1.70. The minimum Gasteiger partial charge on any atom is -0.481 e. The number of aliphatic carboxylic acids is 1. The molecule has 1 aromatic rings. The standard InChI is InChI=1S/C16H21NO3S/c18-15(11-3-1-4-12(9-11)16(19)20)17-7-2-5-14(17)13-6-8-21-10-13/h6,8,10-12,14H,1-5,7,9H2,(H,19,20). The Kier molecular flexibility index (Phi) is 4.29. The molecule has 2 heterocycles. The molecule has 0 radical (unpaired) electrons. The number of carboxylic acids is 1. The number of hydrogen-bond donors (Lipinski definition) is 1. The fourth-order valence-electron chi connectivity index (χ4n) is 3.71. The van der Waals surface area contributed by atoms with Gasteiger partial charge in [-0.3, -0.25) is 9.59 Å². The SMILES string of the molecule is O=C(O)C1CCCC(C(=O)N2CCCC2c2ccsc2)C1. The molecule has 2 aliphatic rings. The summed E-state index contributed by atoms with van der Waals surface area (Å²) in [5.74, 6) is -1.01. The lowest BCUT2D eigenvalue weighted by Gasteiger charge is -2.32. The van der Waals surface area contributed by atoms with Crippen molar-refractivity contribution in [1.29, 1.82) is 0 Å². The van der Waals surface area contributed by atoms with Crippen molar-refractivity contribution < 1.29 is 14.7 Å². The van der Waals surface area contributed by atoms with Crippen LogP contribution in [0.1, 0.15) is 50.1 Å². The number of thiophene rings is 1. The quantitative estimate of drug-likeness (QED) is 0.932. The van der Waals surface area contributed by atoms with Gasteiger partial charge in [-0.25, -0.2) is 0 Å². The first kappa shape index (κ1) is 14.6. The molecule has 0 bridgehead atoms.